The second kappa shape index (κ2) is 13.0. The molecule has 5 rings (SSSR count). The van der Waals surface area contributed by atoms with Gasteiger partial charge in [0.2, 0.25) is 17.7 Å². The second-order valence-corrected chi connectivity index (χ2v) is 13.1. The number of fused-ring (bicyclic) bond motifs is 1. The zero-order valence-corrected chi connectivity index (χ0v) is 26.8. The summed E-state index contributed by atoms with van der Waals surface area (Å²) in [5.74, 6) is -3.50. The maximum absolute atomic E-state index is 14.1. The van der Waals surface area contributed by atoms with Gasteiger partial charge in [-0.25, -0.2) is 19.6 Å². The van der Waals surface area contributed by atoms with Crippen LogP contribution >= 0.6 is 11.3 Å². The summed E-state index contributed by atoms with van der Waals surface area (Å²) in [7, 11) is 0. The fourth-order valence-electron chi connectivity index (χ4n) is 5.70. The van der Waals surface area contributed by atoms with E-state index in [1.807, 2.05) is 35.7 Å². The molecule has 3 heterocycles. The average molecular weight is 652 g/mol. The van der Waals surface area contributed by atoms with Crippen LogP contribution in [0, 0.1) is 11.8 Å². The Morgan fingerprint density at radius 1 is 1.13 bits per heavy atom. The van der Waals surface area contributed by atoms with E-state index in [0.717, 1.165) is 4.88 Å². The van der Waals surface area contributed by atoms with E-state index in [1.165, 1.54) is 22.3 Å². The van der Waals surface area contributed by atoms with Gasteiger partial charge in [-0.3, -0.25) is 14.8 Å². The number of amides is 3. The smallest absolute Gasteiger partial charge is 0.434 e. The summed E-state index contributed by atoms with van der Waals surface area (Å²) in [5.41, 5.74) is 0.207. The predicted octanol–water partition coefficient (Wildman–Crippen LogP) is 4.11. The van der Waals surface area contributed by atoms with Crippen molar-refractivity contribution in [3.05, 3.63) is 54.4 Å². The van der Waals surface area contributed by atoms with Gasteiger partial charge >= 0.3 is 12.1 Å². The molecule has 3 N–H and O–H groups in total. The van der Waals surface area contributed by atoms with Crippen LogP contribution in [0.5, 0.6) is 5.88 Å². The molecule has 2 fully saturated rings. The van der Waals surface area contributed by atoms with E-state index in [1.54, 1.807) is 33.8 Å². The highest BCUT2D eigenvalue weighted by Gasteiger charge is 2.61. The largest absolute Gasteiger partial charge is 0.479 e. The lowest BCUT2D eigenvalue weighted by atomic mass is 10.0. The van der Waals surface area contributed by atoms with E-state index in [0.29, 0.717) is 16.7 Å². The van der Waals surface area contributed by atoms with Gasteiger partial charge in [-0.05, 0) is 49.8 Å². The van der Waals surface area contributed by atoms with Crippen molar-refractivity contribution in [2.45, 2.75) is 70.4 Å². The van der Waals surface area contributed by atoms with Gasteiger partial charge in [0.1, 0.15) is 29.4 Å². The third kappa shape index (κ3) is 6.40. The molecule has 0 bridgehead atoms. The molecule has 1 saturated heterocycles. The molecule has 1 aliphatic heterocycles. The molecule has 1 saturated carbocycles. The van der Waals surface area contributed by atoms with Gasteiger partial charge in [-0.1, -0.05) is 38.1 Å². The zero-order valence-electron chi connectivity index (χ0n) is 26.0. The number of thiophene rings is 1. The number of carbonyl (C=O) groups excluding carboxylic acids is 3. The van der Waals surface area contributed by atoms with Gasteiger partial charge in [0.15, 0.2) is 0 Å². The highest BCUT2D eigenvalue weighted by atomic mass is 32.1. The minimum atomic E-state index is -1.54. The van der Waals surface area contributed by atoms with Crippen LogP contribution in [0.3, 0.4) is 0 Å². The molecule has 1 aliphatic carbocycles. The summed E-state index contributed by atoms with van der Waals surface area (Å²) in [5, 5.41) is 25.5. The number of aromatic nitrogens is 2. The quantitative estimate of drug-likeness (QED) is 0.156. The first-order valence-electron chi connectivity index (χ1n) is 15.0. The predicted molar refractivity (Wildman–Crippen MR) is 168 cm³/mol. The van der Waals surface area contributed by atoms with Gasteiger partial charge in [0.05, 0.1) is 28.6 Å². The number of rotatable bonds is 11. The normalized spacial score (nSPS) is 22.8. The van der Waals surface area contributed by atoms with Gasteiger partial charge in [-0.15, -0.1) is 17.9 Å². The molecule has 0 spiro atoms. The molecule has 3 amide bonds. The van der Waals surface area contributed by atoms with Gasteiger partial charge < -0.3 is 24.8 Å². The highest BCUT2D eigenvalue weighted by Crippen LogP contribution is 2.45. The third-order valence-corrected chi connectivity index (χ3v) is 9.00. The van der Waals surface area contributed by atoms with Crippen LogP contribution in [0.25, 0.3) is 21.6 Å². The third-order valence-electron chi connectivity index (χ3n) is 8.12. The van der Waals surface area contributed by atoms with Crippen molar-refractivity contribution >= 4 is 46.2 Å². The number of carboxylic acid groups (broad SMARTS) is 1. The lowest BCUT2D eigenvalue weighted by Gasteiger charge is -2.33. The maximum atomic E-state index is 14.1. The highest BCUT2D eigenvalue weighted by molar-refractivity contribution is 7.13. The summed E-state index contributed by atoms with van der Waals surface area (Å²) >= 11 is 1.45. The number of hydrogen-bond acceptors (Lipinski definition) is 10. The number of benzene rings is 1. The minimum Gasteiger partial charge on any atom is -0.479 e. The van der Waals surface area contributed by atoms with E-state index in [-0.39, 0.29) is 30.3 Å². The van der Waals surface area contributed by atoms with Crippen LogP contribution in [0.1, 0.15) is 40.5 Å². The first kappa shape index (κ1) is 32.8. The molecule has 13 nitrogen and oxygen atoms in total. The number of nitrogens with zero attached hydrogens (tertiary/aromatic N) is 4. The second-order valence-electron chi connectivity index (χ2n) is 12.1. The number of nitrogens with one attached hydrogen (secondary N) is 1. The van der Waals surface area contributed by atoms with Crippen molar-refractivity contribution in [2.24, 2.45) is 11.8 Å². The monoisotopic (exact) mass is 651 g/mol. The van der Waals surface area contributed by atoms with Crippen molar-refractivity contribution in [1.82, 2.24) is 25.2 Å². The standard InChI is InChI=1S/C32H37N5O8S/c1-6-19-15-32(19,30(40)41)35-27(38)23-14-20(16-36(23)29(39)26(17(2)3)37(43)31(42)44-18(4)5)45-28-25(24-12-9-13-46-24)33-21-10-7-8-11-22(21)34-28/h6-13,17-20,23,26,43H,1,14-16H2,2-5H3,(H,35,38)(H,40,41)/t19-,20-,23+,26?,32?/m1/s1. The van der Waals surface area contributed by atoms with Crippen LogP contribution in [0.15, 0.2) is 54.4 Å². The first-order valence-corrected chi connectivity index (χ1v) is 15.9. The number of hydrogen-bond donors (Lipinski definition) is 3. The Labute approximate surface area is 269 Å². The number of aliphatic carboxylic acids is 1. The molecule has 2 aliphatic rings. The number of para-hydroxylation sites is 2. The Hall–Kier alpha value is -4.56. The minimum absolute atomic E-state index is 0.0168. The molecule has 5 atom stereocenters. The SMILES string of the molecule is C=C[C@@H]1CC1(NC(=O)[C@@H]1C[C@@H](Oc2nc3ccccc3nc2-c2cccs2)CN1C(=O)C(C(C)C)N(O)C(=O)OC(C)C)C(=O)O. The Balaban J connectivity index is 1.48. The summed E-state index contributed by atoms with van der Waals surface area (Å²) in [6.07, 6.45) is -0.824. The van der Waals surface area contributed by atoms with Crippen molar-refractivity contribution in [3.8, 4) is 16.5 Å². The molecule has 2 aromatic heterocycles. The zero-order chi connectivity index (χ0) is 33.3. The van der Waals surface area contributed by atoms with Crippen LogP contribution < -0.4 is 10.1 Å². The number of hydroxylamine groups is 2. The van der Waals surface area contributed by atoms with E-state index in [4.69, 9.17) is 19.4 Å². The maximum Gasteiger partial charge on any atom is 0.434 e. The van der Waals surface area contributed by atoms with E-state index >= 15 is 0 Å². The molecule has 0 radical (unpaired) electrons. The number of likely N-dealkylation sites (tertiary alicyclic amines) is 1. The molecule has 244 valence electrons. The number of ether oxygens (including phenoxy) is 2. The van der Waals surface area contributed by atoms with Gasteiger partial charge in [-0.2, -0.15) is 5.06 Å². The molecule has 1 aromatic carbocycles. The molecular formula is C32H37N5O8S. The Bertz CT molecular complexity index is 1650. The van der Waals surface area contributed by atoms with Crippen LogP contribution in [0.2, 0.25) is 0 Å². The topological polar surface area (TPSA) is 171 Å². The van der Waals surface area contributed by atoms with E-state index < -0.39 is 65.5 Å². The van der Waals surface area contributed by atoms with Crippen LogP contribution in [-0.4, -0.2) is 90.5 Å². The van der Waals surface area contributed by atoms with Gasteiger partial charge in [0.25, 0.3) is 0 Å². The van der Waals surface area contributed by atoms with Gasteiger partial charge in [0, 0.05) is 12.3 Å². The fraction of sp³-hybridized carbons (Fsp3) is 0.438. The lowest BCUT2D eigenvalue weighted by Crippen LogP contribution is -2.58. The fourth-order valence-corrected chi connectivity index (χ4v) is 6.41. The van der Waals surface area contributed by atoms with Crippen molar-refractivity contribution in [1.29, 1.82) is 0 Å². The molecule has 2 unspecified atom stereocenters. The van der Waals surface area contributed by atoms with E-state index in [9.17, 15) is 29.5 Å². The molecule has 3 aromatic rings. The van der Waals surface area contributed by atoms with E-state index in [2.05, 4.69) is 11.9 Å². The molecule has 14 heteroatoms. The Morgan fingerprint density at radius 3 is 2.39 bits per heavy atom. The molecule has 46 heavy (non-hydrogen) atoms. The lowest BCUT2D eigenvalue weighted by molar-refractivity contribution is -0.163. The average Bonchev–Trinajstić information content (AvgIpc) is 3.31. The Kier molecular flexibility index (Phi) is 9.31. The molecular weight excluding hydrogens is 614 g/mol. The van der Waals surface area contributed by atoms with Crippen molar-refractivity contribution in [3.63, 3.8) is 0 Å². The summed E-state index contributed by atoms with van der Waals surface area (Å²) in [6, 6.07) is 8.48. The number of carboxylic acids is 1. The summed E-state index contributed by atoms with van der Waals surface area (Å²) in [6.45, 7) is 10.0. The number of carbonyl (C=O) groups is 4. The summed E-state index contributed by atoms with van der Waals surface area (Å²) < 4.78 is 11.5. The van der Waals surface area contributed by atoms with Crippen molar-refractivity contribution in [2.75, 3.05) is 6.54 Å². The van der Waals surface area contributed by atoms with Crippen LogP contribution in [-0.2, 0) is 19.1 Å². The first-order chi connectivity index (χ1) is 21.9. The summed E-state index contributed by atoms with van der Waals surface area (Å²) in [4.78, 5) is 64.2. The van der Waals surface area contributed by atoms with Crippen molar-refractivity contribution < 1.29 is 39.0 Å². The van der Waals surface area contributed by atoms with Crippen LogP contribution in [0.4, 0.5) is 4.79 Å². The Morgan fingerprint density at radius 2 is 1.83 bits per heavy atom.